The normalized spacial score (nSPS) is 12.6. The number of anilines is 1. The number of rotatable bonds is 6. The quantitative estimate of drug-likeness (QED) is 0.651. The highest BCUT2D eigenvalue weighted by atomic mass is 79.9. The minimum absolute atomic E-state index is 0.0991. The molecule has 7 heteroatoms. The van der Waals surface area contributed by atoms with Crippen LogP contribution in [0.15, 0.2) is 53.1 Å². The van der Waals surface area contributed by atoms with Crippen molar-refractivity contribution in [2.24, 2.45) is 0 Å². The maximum atomic E-state index is 12.1. The van der Waals surface area contributed by atoms with Gasteiger partial charge in [-0.15, -0.1) is 5.10 Å². The van der Waals surface area contributed by atoms with Gasteiger partial charge in [-0.3, -0.25) is 4.79 Å². The van der Waals surface area contributed by atoms with Gasteiger partial charge in [0, 0.05) is 10.2 Å². The predicted molar refractivity (Wildman–Crippen MR) is 106 cm³/mol. The minimum atomic E-state index is -0.159. The Morgan fingerprint density at radius 1 is 1.15 bits per heavy atom. The smallest absolute Gasteiger partial charge is 0.246 e. The van der Waals surface area contributed by atoms with Gasteiger partial charge in [0.05, 0.1) is 6.20 Å². The third-order valence-electron chi connectivity index (χ3n) is 4.48. The van der Waals surface area contributed by atoms with Gasteiger partial charge < -0.3 is 10.1 Å². The molecule has 1 aromatic heterocycles. The molecule has 0 radical (unpaired) electrons. The van der Waals surface area contributed by atoms with Crippen LogP contribution in [0, 0.1) is 0 Å². The molecule has 0 spiro atoms. The van der Waals surface area contributed by atoms with E-state index in [4.69, 9.17) is 4.74 Å². The number of ether oxygens (including phenoxy) is 1. The summed E-state index contributed by atoms with van der Waals surface area (Å²) >= 11 is 3.37. The molecule has 2 aromatic carbocycles. The van der Waals surface area contributed by atoms with Crippen molar-refractivity contribution < 1.29 is 9.53 Å². The van der Waals surface area contributed by atoms with Crippen LogP contribution in [0.4, 0.5) is 5.69 Å². The summed E-state index contributed by atoms with van der Waals surface area (Å²) in [6.45, 7) is 0.426. The second kappa shape index (κ2) is 7.92. The van der Waals surface area contributed by atoms with E-state index in [0.717, 1.165) is 28.8 Å². The molecular formula is C20H19BrN4O2. The van der Waals surface area contributed by atoms with Crippen molar-refractivity contribution in [2.75, 3.05) is 5.32 Å². The van der Waals surface area contributed by atoms with Gasteiger partial charge in [-0.25, -0.2) is 4.68 Å². The average molecular weight is 427 g/mol. The molecule has 0 fully saturated rings. The first kappa shape index (κ1) is 17.7. The molecule has 1 heterocycles. The molecule has 3 aromatic rings. The van der Waals surface area contributed by atoms with Crippen molar-refractivity contribution in [3.63, 3.8) is 0 Å². The number of aryl methyl sites for hydroxylation is 2. The summed E-state index contributed by atoms with van der Waals surface area (Å²) in [4.78, 5) is 12.1. The van der Waals surface area contributed by atoms with E-state index in [0.29, 0.717) is 12.3 Å². The largest absolute Gasteiger partial charge is 0.487 e. The number of nitrogens with one attached hydrogen (secondary N) is 1. The van der Waals surface area contributed by atoms with E-state index in [9.17, 15) is 4.79 Å². The Bertz CT molecular complexity index is 953. The molecule has 27 heavy (non-hydrogen) atoms. The van der Waals surface area contributed by atoms with Crippen molar-refractivity contribution in [1.82, 2.24) is 15.0 Å². The summed E-state index contributed by atoms with van der Waals surface area (Å²) in [5.41, 5.74) is 4.22. The van der Waals surface area contributed by atoms with Crippen LogP contribution in [0.1, 0.15) is 23.2 Å². The summed E-state index contributed by atoms with van der Waals surface area (Å²) in [6.07, 6.45) is 5.23. The monoisotopic (exact) mass is 426 g/mol. The Morgan fingerprint density at radius 2 is 1.96 bits per heavy atom. The number of carbonyl (C=O) groups is 1. The molecule has 0 saturated carbocycles. The van der Waals surface area contributed by atoms with Crippen LogP contribution in [-0.2, 0) is 30.8 Å². The van der Waals surface area contributed by atoms with Crippen LogP contribution in [0.3, 0.4) is 0 Å². The fraction of sp³-hybridized carbons (Fsp3) is 0.250. The third kappa shape index (κ3) is 4.54. The van der Waals surface area contributed by atoms with E-state index >= 15 is 0 Å². The second-order valence-corrected chi connectivity index (χ2v) is 7.45. The highest BCUT2D eigenvalue weighted by Gasteiger charge is 2.12. The Morgan fingerprint density at radius 3 is 2.81 bits per heavy atom. The first-order valence-electron chi connectivity index (χ1n) is 8.85. The fourth-order valence-corrected chi connectivity index (χ4v) is 3.42. The van der Waals surface area contributed by atoms with E-state index < -0.39 is 0 Å². The summed E-state index contributed by atoms with van der Waals surface area (Å²) < 4.78 is 8.29. The Balaban J connectivity index is 1.30. The summed E-state index contributed by atoms with van der Waals surface area (Å²) in [6, 6.07) is 13.7. The number of amides is 1. The maximum Gasteiger partial charge on any atom is 0.246 e. The maximum absolute atomic E-state index is 12.1. The van der Waals surface area contributed by atoms with Crippen LogP contribution in [0.2, 0.25) is 0 Å². The van der Waals surface area contributed by atoms with Crippen molar-refractivity contribution in [3.05, 3.63) is 70.0 Å². The molecule has 0 aliphatic heterocycles. The van der Waals surface area contributed by atoms with Gasteiger partial charge in [0.15, 0.2) is 0 Å². The van der Waals surface area contributed by atoms with Gasteiger partial charge in [0.1, 0.15) is 24.6 Å². The minimum Gasteiger partial charge on any atom is -0.487 e. The molecule has 4 rings (SSSR count). The van der Waals surface area contributed by atoms with Crippen molar-refractivity contribution in [3.8, 4) is 5.75 Å². The molecule has 0 atom stereocenters. The molecular weight excluding hydrogens is 408 g/mol. The molecule has 1 aliphatic carbocycles. The van der Waals surface area contributed by atoms with Gasteiger partial charge >= 0.3 is 0 Å². The SMILES string of the molecule is O=C(Cn1cc(COc2ccc3c(c2)CCC3)nn1)Nc1ccc(Br)cc1. The van der Waals surface area contributed by atoms with E-state index in [1.165, 1.54) is 22.2 Å². The number of nitrogens with zero attached hydrogens (tertiary/aromatic N) is 3. The molecule has 0 bridgehead atoms. The van der Waals surface area contributed by atoms with Gasteiger partial charge in [0.25, 0.3) is 0 Å². The van der Waals surface area contributed by atoms with Gasteiger partial charge in [-0.1, -0.05) is 27.2 Å². The zero-order chi connectivity index (χ0) is 18.6. The molecule has 0 unspecified atom stereocenters. The Hall–Kier alpha value is -2.67. The molecule has 6 nitrogen and oxygen atoms in total. The Kier molecular flexibility index (Phi) is 5.20. The standard InChI is InChI=1S/C20H19BrN4O2/c21-16-5-7-17(8-6-16)22-20(26)12-25-11-18(23-24-25)13-27-19-9-4-14-2-1-3-15(14)10-19/h4-11H,1-3,12-13H2,(H,22,26). The molecule has 1 aliphatic rings. The number of carbonyl (C=O) groups excluding carboxylic acids is 1. The molecule has 138 valence electrons. The number of hydrogen-bond acceptors (Lipinski definition) is 4. The number of hydrogen-bond donors (Lipinski definition) is 1. The number of fused-ring (bicyclic) bond motifs is 1. The van der Waals surface area contributed by atoms with Crippen molar-refractivity contribution in [2.45, 2.75) is 32.4 Å². The molecule has 1 N–H and O–H groups in total. The summed E-state index contributed by atoms with van der Waals surface area (Å²) in [5.74, 6) is 0.687. The Labute approximate surface area is 165 Å². The van der Waals surface area contributed by atoms with Crippen molar-refractivity contribution >= 4 is 27.5 Å². The molecule has 1 amide bonds. The van der Waals surface area contributed by atoms with E-state index in [-0.39, 0.29) is 12.5 Å². The average Bonchev–Trinajstić information content (AvgIpc) is 3.30. The predicted octanol–water partition coefficient (Wildman–Crippen LogP) is 3.75. The third-order valence-corrected chi connectivity index (χ3v) is 5.01. The fourth-order valence-electron chi connectivity index (χ4n) is 3.16. The first-order chi connectivity index (χ1) is 13.2. The van der Waals surface area contributed by atoms with Crippen LogP contribution in [0.5, 0.6) is 5.75 Å². The number of benzene rings is 2. The van der Waals surface area contributed by atoms with Crippen LogP contribution in [-0.4, -0.2) is 20.9 Å². The van der Waals surface area contributed by atoms with Crippen LogP contribution in [0.25, 0.3) is 0 Å². The van der Waals surface area contributed by atoms with Gasteiger partial charge in [-0.05, 0) is 66.8 Å². The highest BCUT2D eigenvalue weighted by molar-refractivity contribution is 9.10. The second-order valence-electron chi connectivity index (χ2n) is 6.54. The summed E-state index contributed by atoms with van der Waals surface area (Å²) in [7, 11) is 0. The van der Waals surface area contributed by atoms with E-state index in [1.807, 2.05) is 30.3 Å². The van der Waals surface area contributed by atoms with Crippen LogP contribution < -0.4 is 10.1 Å². The van der Waals surface area contributed by atoms with Crippen molar-refractivity contribution in [1.29, 1.82) is 0 Å². The highest BCUT2D eigenvalue weighted by Crippen LogP contribution is 2.26. The lowest BCUT2D eigenvalue weighted by Crippen LogP contribution is -2.19. The topological polar surface area (TPSA) is 69.0 Å². The lowest BCUT2D eigenvalue weighted by Gasteiger charge is -2.06. The number of halogens is 1. The van der Waals surface area contributed by atoms with Gasteiger partial charge in [0.2, 0.25) is 5.91 Å². The van der Waals surface area contributed by atoms with Gasteiger partial charge in [-0.2, -0.15) is 0 Å². The lowest BCUT2D eigenvalue weighted by molar-refractivity contribution is -0.116. The first-order valence-corrected chi connectivity index (χ1v) is 9.64. The number of aromatic nitrogens is 3. The van der Waals surface area contributed by atoms with E-state index in [1.54, 1.807) is 6.20 Å². The zero-order valence-electron chi connectivity index (χ0n) is 14.7. The zero-order valence-corrected chi connectivity index (χ0v) is 16.3. The van der Waals surface area contributed by atoms with Crippen LogP contribution >= 0.6 is 15.9 Å². The molecule has 0 saturated heterocycles. The lowest BCUT2D eigenvalue weighted by atomic mass is 10.1. The summed E-state index contributed by atoms with van der Waals surface area (Å²) in [5, 5.41) is 10.9. The van der Waals surface area contributed by atoms with E-state index in [2.05, 4.69) is 43.7 Å².